The molecule has 1 saturated carbocycles. The minimum atomic E-state index is -2.97. The van der Waals surface area contributed by atoms with Crippen molar-refractivity contribution in [2.75, 3.05) is 12.8 Å². The van der Waals surface area contributed by atoms with Gasteiger partial charge in [0.25, 0.3) is 0 Å². The van der Waals surface area contributed by atoms with Crippen LogP contribution in [0.25, 0.3) is 0 Å². The summed E-state index contributed by atoms with van der Waals surface area (Å²) in [5, 5.41) is 3.02. The van der Waals surface area contributed by atoms with Crippen molar-refractivity contribution in [2.24, 2.45) is 17.8 Å². The summed E-state index contributed by atoms with van der Waals surface area (Å²) in [5.74, 6) is 1.67. The normalized spacial score (nSPS) is 30.1. The lowest BCUT2D eigenvalue weighted by Gasteiger charge is -2.37. The second-order valence-corrected chi connectivity index (χ2v) is 8.74. The Morgan fingerprint density at radius 2 is 1.78 bits per heavy atom. The van der Waals surface area contributed by atoms with E-state index in [0.29, 0.717) is 17.6 Å². The van der Waals surface area contributed by atoms with Gasteiger partial charge in [-0.1, -0.05) is 27.7 Å². The molecule has 0 aliphatic heterocycles. The summed E-state index contributed by atoms with van der Waals surface area (Å²) in [6.07, 6.45) is 2.97. The van der Waals surface area contributed by atoms with Gasteiger partial charge in [-0.25, -0.2) is 8.42 Å². The maximum atomic E-state index is 12.5. The first-order chi connectivity index (χ1) is 8.27. The average Bonchev–Trinajstić information content (AvgIpc) is 2.26. The molecule has 0 radical (unpaired) electrons. The summed E-state index contributed by atoms with van der Waals surface area (Å²) in [4.78, 5) is 0. The van der Waals surface area contributed by atoms with Gasteiger partial charge in [-0.05, 0) is 44.1 Å². The van der Waals surface area contributed by atoms with Crippen molar-refractivity contribution in [3.63, 3.8) is 0 Å². The topological polar surface area (TPSA) is 46.2 Å². The second-order valence-electron chi connectivity index (χ2n) is 6.47. The van der Waals surface area contributed by atoms with Crippen molar-refractivity contribution < 1.29 is 8.42 Å². The molecule has 0 aromatic rings. The first-order valence-corrected chi connectivity index (χ1v) is 8.88. The molecule has 0 saturated heterocycles. The molecule has 18 heavy (non-hydrogen) atoms. The van der Waals surface area contributed by atoms with Crippen molar-refractivity contribution in [2.45, 2.75) is 58.2 Å². The largest absolute Gasteiger partial charge is 0.316 e. The van der Waals surface area contributed by atoms with Gasteiger partial charge in [0, 0.05) is 6.04 Å². The third-order valence-corrected chi connectivity index (χ3v) is 6.75. The Morgan fingerprint density at radius 1 is 1.17 bits per heavy atom. The number of sulfone groups is 1. The summed E-state index contributed by atoms with van der Waals surface area (Å²) in [6.45, 7) is 8.37. The average molecular weight is 275 g/mol. The van der Waals surface area contributed by atoms with E-state index >= 15 is 0 Å². The molecular formula is C14H29NO2S. The Kier molecular flexibility index (Phi) is 5.66. The lowest BCUT2D eigenvalue weighted by Crippen LogP contribution is -2.48. The van der Waals surface area contributed by atoms with Gasteiger partial charge in [-0.2, -0.15) is 0 Å². The van der Waals surface area contributed by atoms with Crippen LogP contribution in [0.2, 0.25) is 0 Å². The number of rotatable bonds is 5. The Balaban J connectivity index is 2.86. The van der Waals surface area contributed by atoms with Crippen LogP contribution in [0.3, 0.4) is 0 Å². The lowest BCUT2D eigenvalue weighted by atomic mass is 9.79. The molecule has 1 aliphatic rings. The molecule has 1 N–H and O–H groups in total. The van der Waals surface area contributed by atoms with Crippen molar-refractivity contribution in [1.82, 2.24) is 5.32 Å². The van der Waals surface area contributed by atoms with Crippen LogP contribution in [-0.4, -0.2) is 32.5 Å². The molecule has 0 aromatic carbocycles. The molecule has 0 amide bonds. The highest BCUT2D eigenvalue weighted by molar-refractivity contribution is 7.92. The molecular weight excluding hydrogens is 246 g/mol. The van der Waals surface area contributed by atoms with Crippen LogP contribution in [0.1, 0.15) is 47.0 Å². The van der Waals surface area contributed by atoms with E-state index in [4.69, 9.17) is 0 Å². The van der Waals surface area contributed by atoms with Gasteiger partial charge in [0.15, 0.2) is 9.84 Å². The first kappa shape index (κ1) is 16.0. The highest BCUT2D eigenvalue weighted by Crippen LogP contribution is 2.34. The highest BCUT2D eigenvalue weighted by atomic mass is 32.2. The zero-order valence-electron chi connectivity index (χ0n) is 12.4. The Bertz CT molecular complexity index is 349. The lowest BCUT2D eigenvalue weighted by molar-refractivity contribution is 0.246. The van der Waals surface area contributed by atoms with Crippen molar-refractivity contribution in [3.8, 4) is 0 Å². The molecule has 0 spiro atoms. The summed E-state index contributed by atoms with van der Waals surface area (Å²) in [5.41, 5.74) is 0. The van der Waals surface area contributed by atoms with Crippen LogP contribution in [-0.2, 0) is 9.84 Å². The molecule has 3 unspecified atom stereocenters. The smallest absolute Gasteiger partial charge is 0.154 e. The molecule has 3 nitrogen and oxygen atoms in total. The Labute approximate surface area is 113 Å². The molecule has 3 atom stereocenters. The molecule has 4 heteroatoms. The van der Waals surface area contributed by atoms with E-state index in [-0.39, 0.29) is 17.2 Å². The van der Waals surface area contributed by atoms with E-state index in [1.165, 1.54) is 0 Å². The summed E-state index contributed by atoms with van der Waals surface area (Å²) >= 11 is 0. The van der Waals surface area contributed by atoms with Crippen LogP contribution in [0.5, 0.6) is 0 Å². The quantitative estimate of drug-likeness (QED) is 0.838. The predicted molar refractivity (Wildman–Crippen MR) is 77.4 cm³/mol. The summed E-state index contributed by atoms with van der Waals surface area (Å²) in [6, 6.07) is 0.142. The molecule has 0 heterocycles. The maximum absolute atomic E-state index is 12.5. The van der Waals surface area contributed by atoms with Gasteiger partial charge in [-0.3, -0.25) is 0 Å². The van der Waals surface area contributed by atoms with E-state index in [1.807, 2.05) is 20.9 Å². The Hall–Kier alpha value is -0.0900. The standard InChI is InChI=1S/C14H29NO2S/c1-10(2)9-18(16,17)14-8-12(11(3)4)6-7-13(14)15-5/h10-15H,6-9H2,1-5H3. The highest BCUT2D eigenvalue weighted by Gasteiger charge is 2.39. The van der Waals surface area contributed by atoms with Crippen LogP contribution in [0, 0.1) is 17.8 Å². The second kappa shape index (κ2) is 6.38. The SMILES string of the molecule is CNC1CCC(C(C)C)CC1S(=O)(=O)CC(C)C. The molecule has 1 fully saturated rings. The summed E-state index contributed by atoms with van der Waals surface area (Å²) < 4.78 is 25.0. The van der Waals surface area contributed by atoms with Crippen molar-refractivity contribution in [1.29, 1.82) is 0 Å². The fourth-order valence-corrected chi connectivity index (χ4v) is 5.57. The van der Waals surface area contributed by atoms with Gasteiger partial charge in [0.2, 0.25) is 0 Å². The number of hydrogen-bond donors (Lipinski definition) is 1. The molecule has 108 valence electrons. The van der Waals surface area contributed by atoms with Gasteiger partial charge in [0.05, 0.1) is 11.0 Å². The minimum absolute atomic E-state index is 0.142. The van der Waals surface area contributed by atoms with Gasteiger partial charge >= 0.3 is 0 Å². The van der Waals surface area contributed by atoms with Gasteiger partial charge in [-0.15, -0.1) is 0 Å². The first-order valence-electron chi connectivity index (χ1n) is 7.16. The Morgan fingerprint density at radius 3 is 2.22 bits per heavy atom. The zero-order valence-corrected chi connectivity index (χ0v) is 13.3. The van der Waals surface area contributed by atoms with Crippen LogP contribution < -0.4 is 5.32 Å². The van der Waals surface area contributed by atoms with E-state index in [9.17, 15) is 8.42 Å². The number of hydrogen-bond acceptors (Lipinski definition) is 3. The predicted octanol–water partition coefficient (Wildman–Crippen LogP) is 2.47. The summed E-state index contributed by atoms with van der Waals surface area (Å²) in [7, 11) is -1.09. The molecule has 0 aromatic heterocycles. The molecule has 0 bridgehead atoms. The fraction of sp³-hybridized carbons (Fsp3) is 1.00. The van der Waals surface area contributed by atoms with E-state index in [0.717, 1.165) is 19.3 Å². The van der Waals surface area contributed by atoms with Crippen molar-refractivity contribution >= 4 is 9.84 Å². The van der Waals surface area contributed by atoms with Gasteiger partial charge in [0.1, 0.15) is 0 Å². The minimum Gasteiger partial charge on any atom is -0.316 e. The van der Waals surface area contributed by atoms with Crippen LogP contribution in [0.15, 0.2) is 0 Å². The molecule has 1 aliphatic carbocycles. The third-order valence-electron chi connectivity index (χ3n) is 4.17. The maximum Gasteiger partial charge on any atom is 0.154 e. The fourth-order valence-electron chi connectivity index (χ4n) is 3.08. The molecule has 1 rings (SSSR count). The third kappa shape index (κ3) is 3.95. The van der Waals surface area contributed by atoms with Crippen LogP contribution in [0.4, 0.5) is 0 Å². The monoisotopic (exact) mass is 275 g/mol. The van der Waals surface area contributed by atoms with E-state index in [2.05, 4.69) is 19.2 Å². The van der Waals surface area contributed by atoms with Crippen molar-refractivity contribution in [3.05, 3.63) is 0 Å². The zero-order chi connectivity index (χ0) is 13.9. The van der Waals surface area contributed by atoms with Gasteiger partial charge < -0.3 is 5.32 Å². The van der Waals surface area contributed by atoms with E-state index in [1.54, 1.807) is 0 Å². The van der Waals surface area contributed by atoms with Crippen LogP contribution >= 0.6 is 0 Å². The van der Waals surface area contributed by atoms with E-state index < -0.39 is 9.84 Å². The number of nitrogens with one attached hydrogen (secondary N) is 1.